The summed E-state index contributed by atoms with van der Waals surface area (Å²) < 4.78 is 10.8. The Morgan fingerprint density at radius 1 is 1.37 bits per heavy atom. The van der Waals surface area contributed by atoms with Gasteiger partial charge in [0, 0.05) is 6.04 Å². The van der Waals surface area contributed by atoms with Crippen molar-refractivity contribution in [1.82, 2.24) is 5.32 Å². The van der Waals surface area contributed by atoms with Gasteiger partial charge >= 0.3 is 0 Å². The van der Waals surface area contributed by atoms with Crippen LogP contribution in [0.3, 0.4) is 0 Å². The van der Waals surface area contributed by atoms with Gasteiger partial charge in [0.1, 0.15) is 0 Å². The minimum atomic E-state index is -0.238. The topological polar surface area (TPSA) is 64.6 Å². The van der Waals surface area contributed by atoms with E-state index in [0.29, 0.717) is 30.0 Å². The highest BCUT2D eigenvalue weighted by Crippen LogP contribution is 2.30. The second-order valence-electron chi connectivity index (χ2n) is 4.24. The van der Waals surface area contributed by atoms with Gasteiger partial charge in [0.15, 0.2) is 24.4 Å². The zero-order chi connectivity index (χ0) is 14.3. The van der Waals surface area contributed by atoms with Gasteiger partial charge in [-0.15, -0.1) is 0 Å². The van der Waals surface area contributed by atoms with Crippen LogP contribution in [-0.4, -0.2) is 31.4 Å². The molecule has 1 amide bonds. The minimum Gasteiger partial charge on any atom is -0.490 e. The third-order valence-corrected chi connectivity index (χ3v) is 2.23. The summed E-state index contributed by atoms with van der Waals surface area (Å²) in [6, 6.07) is 5.07. The number of ether oxygens (including phenoxy) is 2. The molecule has 0 aliphatic rings. The van der Waals surface area contributed by atoms with Crippen molar-refractivity contribution in [3.05, 3.63) is 23.8 Å². The highest BCUT2D eigenvalue weighted by Gasteiger charge is 2.12. The smallest absolute Gasteiger partial charge is 0.258 e. The van der Waals surface area contributed by atoms with Crippen LogP contribution in [0.2, 0.25) is 0 Å². The van der Waals surface area contributed by atoms with Crippen molar-refractivity contribution in [3.8, 4) is 11.5 Å². The Labute approximate surface area is 112 Å². The van der Waals surface area contributed by atoms with E-state index in [-0.39, 0.29) is 18.6 Å². The molecule has 1 rings (SSSR count). The molecule has 1 aromatic rings. The lowest BCUT2D eigenvalue weighted by Gasteiger charge is -2.14. The fourth-order valence-corrected chi connectivity index (χ4v) is 1.55. The van der Waals surface area contributed by atoms with Crippen molar-refractivity contribution in [2.24, 2.45) is 0 Å². The molecule has 0 atom stereocenters. The molecule has 0 fully saturated rings. The van der Waals surface area contributed by atoms with E-state index in [2.05, 4.69) is 5.32 Å². The number of carbonyl (C=O) groups is 2. The van der Waals surface area contributed by atoms with Gasteiger partial charge in [-0.2, -0.15) is 0 Å². The largest absolute Gasteiger partial charge is 0.490 e. The summed E-state index contributed by atoms with van der Waals surface area (Å²) in [5.41, 5.74) is 0.364. The van der Waals surface area contributed by atoms with E-state index in [1.807, 2.05) is 20.8 Å². The van der Waals surface area contributed by atoms with E-state index < -0.39 is 0 Å². The highest BCUT2D eigenvalue weighted by molar-refractivity contribution is 5.82. The standard InChI is InChI=1S/C14H19NO4/c1-4-18-12-7-5-6-11(8-16)14(12)19-9-13(17)15-10(2)3/h5-8,10H,4,9H2,1-3H3,(H,15,17). The first kappa shape index (κ1) is 15.0. The number of benzene rings is 1. The summed E-state index contributed by atoms with van der Waals surface area (Å²) in [7, 11) is 0. The maximum atomic E-state index is 11.5. The van der Waals surface area contributed by atoms with Gasteiger partial charge < -0.3 is 14.8 Å². The molecule has 5 heteroatoms. The lowest BCUT2D eigenvalue weighted by Crippen LogP contribution is -2.34. The van der Waals surface area contributed by atoms with E-state index in [9.17, 15) is 9.59 Å². The van der Waals surface area contributed by atoms with Crippen LogP contribution < -0.4 is 14.8 Å². The predicted octanol–water partition coefficient (Wildman–Crippen LogP) is 1.80. The van der Waals surface area contributed by atoms with Crippen LogP contribution >= 0.6 is 0 Å². The minimum absolute atomic E-state index is 0.0452. The van der Waals surface area contributed by atoms with Crippen LogP contribution in [0.1, 0.15) is 31.1 Å². The zero-order valence-electron chi connectivity index (χ0n) is 11.4. The molecule has 0 aliphatic carbocycles. The highest BCUT2D eigenvalue weighted by atomic mass is 16.5. The maximum Gasteiger partial charge on any atom is 0.258 e. The van der Waals surface area contributed by atoms with Crippen LogP contribution in [0.5, 0.6) is 11.5 Å². The van der Waals surface area contributed by atoms with E-state index in [4.69, 9.17) is 9.47 Å². The Balaban J connectivity index is 2.80. The molecule has 5 nitrogen and oxygen atoms in total. The summed E-state index contributed by atoms with van der Waals surface area (Å²) in [6.07, 6.45) is 0.679. The van der Waals surface area contributed by atoms with Crippen molar-refractivity contribution >= 4 is 12.2 Å². The van der Waals surface area contributed by atoms with Crippen LogP contribution in [0.25, 0.3) is 0 Å². The first-order chi connectivity index (χ1) is 9.08. The van der Waals surface area contributed by atoms with Gasteiger partial charge in [-0.1, -0.05) is 6.07 Å². The molecule has 0 unspecified atom stereocenters. The van der Waals surface area contributed by atoms with Crippen molar-refractivity contribution < 1.29 is 19.1 Å². The monoisotopic (exact) mass is 265 g/mol. The van der Waals surface area contributed by atoms with Gasteiger partial charge in [-0.05, 0) is 32.9 Å². The molecule has 1 aromatic carbocycles. The number of aldehydes is 1. The molecule has 19 heavy (non-hydrogen) atoms. The fourth-order valence-electron chi connectivity index (χ4n) is 1.55. The molecule has 0 aromatic heterocycles. The Hall–Kier alpha value is -2.04. The van der Waals surface area contributed by atoms with Gasteiger partial charge in [0.25, 0.3) is 5.91 Å². The molecule has 104 valence electrons. The molecule has 0 heterocycles. The average Bonchev–Trinajstić information content (AvgIpc) is 2.36. The summed E-state index contributed by atoms with van der Waals surface area (Å²) in [6.45, 7) is 5.87. The van der Waals surface area contributed by atoms with Crippen LogP contribution in [-0.2, 0) is 4.79 Å². The van der Waals surface area contributed by atoms with E-state index in [1.165, 1.54) is 0 Å². The number of rotatable bonds is 7. The lowest BCUT2D eigenvalue weighted by molar-refractivity contribution is -0.123. The maximum absolute atomic E-state index is 11.5. The Bertz CT molecular complexity index is 443. The Morgan fingerprint density at radius 3 is 2.68 bits per heavy atom. The van der Waals surface area contributed by atoms with Crippen LogP contribution in [0.15, 0.2) is 18.2 Å². The van der Waals surface area contributed by atoms with Gasteiger partial charge in [0.2, 0.25) is 0 Å². The number of hydrogen-bond donors (Lipinski definition) is 1. The number of nitrogens with one attached hydrogen (secondary N) is 1. The molecule has 0 bridgehead atoms. The molecule has 0 saturated carbocycles. The SMILES string of the molecule is CCOc1cccc(C=O)c1OCC(=O)NC(C)C. The quantitative estimate of drug-likeness (QED) is 0.763. The summed E-state index contributed by atoms with van der Waals surface area (Å²) in [5.74, 6) is 0.529. The number of hydrogen-bond acceptors (Lipinski definition) is 4. The third kappa shape index (κ3) is 4.62. The number of carbonyl (C=O) groups excluding carboxylic acids is 2. The molecule has 0 radical (unpaired) electrons. The van der Waals surface area contributed by atoms with Crippen molar-refractivity contribution in [2.45, 2.75) is 26.8 Å². The van der Waals surface area contributed by atoms with E-state index in [0.717, 1.165) is 0 Å². The van der Waals surface area contributed by atoms with E-state index in [1.54, 1.807) is 18.2 Å². The number of para-hydroxylation sites is 1. The molecule has 0 aliphatic heterocycles. The first-order valence-electron chi connectivity index (χ1n) is 6.21. The first-order valence-corrected chi connectivity index (χ1v) is 6.21. The second kappa shape index (κ2) is 7.41. The summed E-state index contributed by atoms with van der Waals surface area (Å²) >= 11 is 0. The van der Waals surface area contributed by atoms with Crippen molar-refractivity contribution in [2.75, 3.05) is 13.2 Å². The molecular weight excluding hydrogens is 246 g/mol. The van der Waals surface area contributed by atoms with Gasteiger partial charge in [0.05, 0.1) is 12.2 Å². The van der Waals surface area contributed by atoms with Crippen molar-refractivity contribution in [1.29, 1.82) is 0 Å². The molecule has 0 saturated heterocycles. The molecule has 1 N–H and O–H groups in total. The Kier molecular flexibility index (Phi) is 5.85. The van der Waals surface area contributed by atoms with Crippen LogP contribution in [0, 0.1) is 0 Å². The Morgan fingerprint density at radius 2 is 2.11 bits per heavy atom. The fraction of sp³-hybridized carbons (Fsp3) is 0.429. The van der Waals surface area contributed by atoms with Crippen molar-refractivity contribution in [3.63, 3.8) is 0 Å². The number of amides is 1. The predicted molar refractivity (Wildman–Crippen MR) is 71.8 cm³/mol. The lowest BCUT2D eigenvalue weighted by atomic mass is 10.2. The zero-order valence-corrected chi connectivity index (χ0v) is 11.4. The molecule has 0 spiro atoms. The van der Waals surface area contributed by atoms with Crippen LogP contribution in [0.4, 0.5) is 0 Å². The normalized spacial score (nSPS) is 10.1. The average molecular weight is 265 g/mol. The van der Waals surface area contributed by atoms with Gasteiger partial charge in [-0.3, -0.25) is 9.59 Å². The third-order valence-electron chi connectivity index (χ3n) is 2.23. The summed E-state index contributed by atoms with van der Waals surface area (Å²) in [4.78, 5) is 22.5. The second-order valence-corrected chi connectivity index (χ2v) is 4.24. The van der Waals surface area contributed by atoms with E-state index >= 15 is 0 Å². The molecular formula is C14H19NO4. The summed E-state index contributed by atoms with van der Waals surface area (Å²) in [5, 5.41) is 2.71. The van der Waals surface area contributed by atoms with Gasteiger partial charge in [-0.25, -0.2) is 0 Å².